The highest BCUT2D eigenvalue weighted by Crippen LogP contribution is 2.68. The highest BCUT2D eigenvalue weighted by atomic mass is 16.6. The van der Waals surface area contributed by atoms with E-state index in [-0.39, 0.29) is 6.42 Å². The summed E-state index contributed by atoms with van der Waals surface area (Å²) in [4.78, 5) is 52.6. The fourth-order valence-corrected chi connectivity index (χ4v) is 7.62. The molecule has 44 heavy (non-hydrogen) atoms. The van der Waals surface area contributed by atoms with Crippen LogP contribution in [0.15, 0.2) is 60.7 Å². The van der Waals surface area contributed by atoms with Gasteiger partial charge in [-0.15, -0.1) is 0 Å². The lowest BCUT2D eigenvalue weighted by Gasteiger charge is -2.65. The van der Waals surface area contributed by atoms with Gasteiger partial charge in [0.2, 0.25) is 0 Å². The van der Waals surface area contributed by atoms with E-state index in [9.17, 15) is 24.3 Å². The standard InChI is InChI=1S/C33H38O11/c1-19(34)39-18-32-27(42-22-13-9-7-10-14-22)24(40-20(2)35)17-31(6,38)33(32)28(41-21(3)36)25(30(4,5)44-33)26(37)29(32)43-23-15-11-8-12-16-23/h7-16,24-25,27-29,38H,17-18H2,1-6H3/t24-,25-,27+,28-,29-,31+,32+,33+/m1/s1. The monoisotopic (exact) mass is 610 g/mol. The lowest BCUT2D eigenvalue weighted by Crippen LogP contribution is -2.85. The zero-order valence-corrected chi connectivity index (χ0v) is 25.6. The van der Waals surface area contributed by atoms with Crippen LogP contribution < -0.4 is 9.47 Å². The van der Waals surface area contributed by atoms with Gasteiger partial charge in [-0.05, 0) is 45.0 Å². The molecule has 2 bridgehead atoms. The van der Waals surface area contributed by atoms with E-state index < -0.39 is 82.8 Å². The molecule has 236 valence electrons. The van der Waals surface area contributed by atoms with Gasteiger partial charge in [0, 0.05) is 27.2 Å². The zero-order valence-electron chi connectivity index (χ0n) is 25.6. The third-order valence-corrected chi connectivity index (χ3v) is 8.97. The summed E-state index contributed by atoms with van der Waals surface area (Å²) in [6.07, 6.45) is -5.61. The molecule has 0 amide bonds. The van der Waals surface area contributed by atoms with E-state index in [0.29, 0.717) is 11.5 Å². The largest absolute Gasteiger partial charge is 0.486 e. The molecule has 1 N–H and O–H groups in total. The molecule has 1 aliphatic heterocycles. The highest BCUT2D eigenvalue weighted by Gasteiger charge is 2.88. The number of rotatable bonds is 8. The van der Waals surface area contributed by atoms with Gasteiger partial charge in [-0.25, -0.2) is 0 Å². The van der Waals surface area contributed by atoms with Gasteiger partial charge in [0.15, 0.2) is 23.6 Å². The Bertz CT molecular complexity index is 1420. The molecule has 1 saturated heterocycles. The first-order valence-electron chi connectivity index (χ1n) is 14.5. The van der Waals surface area contributed by atoms with Crippen LogP contribution in [0.4, 0.5) is 0 Å². The molecule has 11 heteroatoms. The summed E-state index contributed by atoms with van der Waals surface area (Å²) in [5.41, 5.74) is -7.19. The second-order valence-electron chi connectivity index (χ2n) is 12.5. The van der Waals surface area contributed by atoms with Crippen LogP contribution >= 0.6 is 0 Å². The van der Waals surface area contributed by atoms with Crippen molar-refractivity contribution in [1.29, 1.82) is 0 Å². The van der Waals surface area contributed by atoms with Crippen LogP contribution in [0.25, 0.3) is 0 Å². The first-order valence-corrected chi connectivity index (χ1v) is 14.5. The first-order chi connectivity index (χ1) is 20.7. The van der Waals surface area contributed by atoms with E-state index in [4.69, 9.17) is 28.4 Å². The second-order valence-corrected chi connectivity index (χ2v) is 12.5. The van der Waals surface area contributed by atoms with Gasteiger partial charge in [-0.2, -0.15) is 0 Å². The van der Waals surface area contributed by atoms with Gasteiger partial charge in [0.05, 0.1) is 17.1 Å². The molecule has 2 saturated carbocycles. The van der Waals surface area contributed by atoms with Gasteiger partial charge in [0.25, 0.3) is 0 Å². The van der Waals surface area contributed by atoms with Crippen LogP contribution in [-0.4, -0.2) is 76.6 Å². The van der Waals surface area contributed by atoms with Crippen molar-refractivity contribution in [3.63, 3.8) is 0 Å². The van der Waals surface area contributed by atoms with Crippen LogP contribution in [-0.2, 0) is 38.1 Å². The molecule has 3 fully saturated rings. The molecule has 11 nitrogen and oxygen atoms in total. The number of aliphatic hydroxyl groups is 1. The van der Waals surface area contributed by atoms with E-state index in [1.165, 1.54) is 27.7 Å². The summed E-state index contributed by atoms with van der Waals surface area (Å²) in [5, 5.41) is 12.6. The van der Waals surface area contributed by atoms with E-state index in [1.807, 2.05) is 0 Å². The predicted octanol–water partition coefficient (Wildman–Crippen LogP) is 3.20. The number of hydrogen-bond donors (Lipinski definition) is 1. The third-order valence-electron chi connectivity index (χ3n) is 8.97. The molecule has 1 spiro atoms. The fourth-order valence-electron chi connectivity index (χ4n) is 7.62. The van der Waals surface area contributed by atoms with Crippen molar-refractivity contribution in [2.45, 2.75) is 89.2 Å². The van der Waals surface area contributed by atoms with Crippen LogP contribution in [0.2, 0.25) is 0 Å². The van der Waals surface area contributed by atoms with Gasteiger partial charge in [0.1, 0.15) is 35.7 Å². The van der Waals surface area contributed by atoms with Crippen molar-refractivity contribution >= 4 is 23.7 Å². The normalized spacial score (nSPS) is 35.2. The van der Waals surface area contributed by atoms with Crippen LogP contribution in [0.5, 0.6) is 11.5 Å². The Morgan fingerprint density at radius 2 is 1.36 bits per heavy atom. The van der Waals surface area contributed by atoms with Crippen molar-refractivity contribution in [3.05, 3.63) is 60.7 Å². The highest BCUT2D eigenvalue weighted by molar-refractivity contribution is 5.92. The van der Waals surface area contributed by atoms with E-state index in [1.54, 1.807) is 74.5 Å². The second kappa shape index (κ2) is 11.2. The number of para-hydroxylation sites is 2. The van der Waals surface area contributed by atoms with Crippen molar-refractivity contribution in [1.82, 2.24) is 0 Å². The summed E-state index contributed by atoms with van der Waals surface area (Å²) < 4.78 is 37.4. The summed E-state index contributed by atoms with van der Waals surface area (Å²) >= 11 is 0. The quantitative estimate of drug-likeness (QED) is 0.348. The Hall–Kier alpha value is -3.96. The number of hydrogen-bond acceptors (Lipinski definition) is 11. The molecule has 0 aromatic heterocycles. The van der Waals surface area contributed by atoms with Gasteiger partial charge >= 0.3 is 17.9 Å². The average Bonchev–Trinajstić information content (AvgIpc) is 3.14. The molecular formula is C33H38O11. The topological polar surface area (TPSA) is 144 Å². The number of Topliss-reactive ketones (excluding diaryl/α,β-unsaturated/α-hetero) is 1. The lowest BCUT2D eigenvalue weighted by atomic mass is 9.46. The minimum absolute atomic E-state index is 0.237. The Labute approximate surface area is 255 Å². The van der Waals surface area contributed by atoms with E-state index >= 15 is 0 Å². The Balaban J connectivity index is 1.88. The molecule has 2 aromatic rings. The van der Waals surface area contributed by atoms with Crippen molar-refractivity contribution < 1.29 is 52.7 Å². The minimum atomic E-state index is -1.97. The summed E-state index contributed by atoms with van der Waals surface area (Å²) in [5.74, 6) is -3.06. The Morgan fingerprint density at radius 3 is 1.89 bits per heavy atom. The molecule has 1 heterocycles. The Kier molecular flexibility index (Phi) is 8.00. The number of esters is 3. The SMILES string of the molecule is CC(=O)OC[C@]12[C@H](Oc3ccccc3)C(=O)[C@@H]3[C@@H](OC(C)=O)[C@]1(OC3(C)C)[C@@](C)(O)C[C@@H](OC(C)=O)[C@@H]2Oc1ccccc1. The van der Waals surface area contributed by atoms with Crippen molar-refractivity contribution in [2.75, 3.05) is 6.61 Å². The molecule has 0 unspecified atom stereocenters. The summed E-state index contributed by atoms with van der Waals surface area (Å²) in [6.45, 7) is 7.84. The number of ether oxygens (including phenoxy) is 6. The molecule has 8 atom stereocenters. The number of carbonyl (C=O) groups excluding carboxylic acids is 4. The fraction of sp³-hybridized carbons (Fsp3) is 0.515. The molecule has 3 aliphatic rings. The Morgan fingerprint density at radius 1 is 0.818 bits per heavy atom. The van der Waals surface area contributed by atoms with Gasteiger partial charge < -0.3 is 33.5 Å². The molecule has 0 radical (unpaired) electrons. The molecule has 5 rings (SSSR count). The molecular weight excluding hydrogens is 572 g/mol. The number of carbonyl (C=O) groups is 4. The van der Waals surface area contributed by atoms with E-state index in [2.05, 4.69) is 0 Å². The maximum atomic E-state index is 14.9. The minimum Gasteiger partial charge on any atom is -0.486 e. The van der Waals surface area contributed by atoms with Gasteiger partial charge in [-0.1, -0.05) is 36.4 Å². The predicted molar refractivity (Wildman–Crippen MR) is 154 cm³/mol. The number of fused-ring (bicyclic) bond motifs is 1. The first kappa shape index (κ1) is 31.5. The van der Waals surface area contributed by atoms with Crippen LogP contribution in [0.1, 0.15) is 48.0 Å². The maximum Gasteiger partial charge on any atom is 0.303 e. The molecule has 2 aliphatic carbocycles. The number of benzene rings is 2. The lowest BCUT2D eigenvalue weighted by molar-refractivity contribution is -0.344. The smallest absolute Gasteiger partial charge is 0.303 e. The van der Waals surface area contributed by atoms with Crippen molar-refractivity contribution in [3.8, 4) is 11.5 Å². The summed E-state index contributed by atoms with van der Waals surface area (Å²) in [7, 11) is 0. The van der Waals surface area contributed by atoms with Crippen LogP contribution in [0.3, 0.4) is 0 Å². The maximum absolute atomic E-state index is 14.9. The number of ketones is 1. The zero-order chi connectivity index (χ0) is 32.1. The van der Waals surface area contributed by atoms with Crippen LogP contribution in [0, 0.1) is 11.3 Å². The van der Waals surface area contributed by atoms with E-state index in [0.717, 1.165) is 0 Å². The summed E-state index contributed by atoms with van der Waals surface area (Å²) in [6, 6.07) is 17.2. The van der Waals surface area contributed by atoms with Gasteiger partial charge in [-0.3, -0.25) is 19.2 Å². The van der Waals surface area contributed by atoms with Crippen molar-refractivity contribution in [2.24, 2.45) is 11.3 Å². The molecule has 2 aromatic carbocycles. The third kappa shape index (κ3) is 4.92. The average molecular weight is 611 g/mol.